The molecule has 12 heavy (non-hydrogen) atoms. The van der Waals surface area contributed by atoms with Gasteiger partial charge in [0.15, 0.2) is 0 Å². The molecule has 0 fully saturated rings. The molecule has 0 spiro atoms. The number of hydrogen-bond acceptors (Lipinski definition) is 1. The standard InChI is InChI=1S/C10H18N2/c1-5-6-7-9(12-8-11)10(2,3)4/h5-8H,1-4H3,(H2,11,12)/b6-5-,9-7-. The van der Waals surface area contributed by atoms with Gasteiger partial charge < -0.3 is 5.73 Å². The Morgan fingerprint density at radius 3 is 2.25 bits per heavy atom. The van der Waals surface area contributed by atoms with Gasteiger partial charge in [-0.05, 0) is 13.0 Å². The van der Waals surface area contributed by atoms with Crippen molar-refractivity contribution in [3.8, 4) is 0 Å². The second kappa shape index (κ2) is 4.75. The van der Waals surface area contributed by atoms with Crippen LogP contribution < -0.4 is 5.73 Å². The zero-order valence-electron chi connectivity index (χ0n) is 8.33. The molecule has 68 valence electrons. The summed E-state index contributed by atoms with van der Waals surface area (Å²) < 4.78 is 0. The van der Waals surface area contributed by atoms with E-state index in [0.717, 1.165) is 5.70 Å². The van der Waals surface area contributed by atoms with Crippen molar-refractivity contribution in [1.29, 1.82) is 0 Å². The van der Waals surface area contributed by atoms with E-state index in [-0.39, 0.29) is 5.41 Å². The fraction of sp³-hybridized carbons (Fsp3) is 0.500. The first-order valence-corrected chi connectivity index (χ1v) is 4.10. The molecule has 0 aromatic carbocycles. The summed E-state index contributed by atoms with van der Waals surface area (Å²) in [5.41, 5.74) is 6.28. The normalized spacial score (nSPS) is 14.8. The highest BCUT2D eigenvalue weighted by Crippen LogP contribution is 2.25. The van der Waals surface area contributed by atoms with E-state index in [1.54, 1.807) is 0 Å². The van der Waals surface area contributed by atoms with Crippen molar-refractivity contribution in [2.45, 2.75) is 27.7 Å². The van der Waals surface area contributed by atoms with Gasteiger partial charge in [0.05, 0.1) is 6.34 Å². The molecule has 0 saturated carbocycles. The third-order valence-corrected chi connectivity index (χ3v) is 1.43. The van der Waals surface area contributed by atoms with Gasteiger partial charge in [-0.3, -0.25) is 0 Å². The van der Waals surface area contributed by atoms with Crippen LogP contribution in [0, 0.1) is 5.41 Å². The first-order valence-electron chi connectivity index (χ1n) is 4.10. The van der Waals surface area contributed by atoms with E-state index in [1.807, 2.05) is 25.2 Å². The molecule has 2 nitrogen and oxygen atoms in total. The maximum Gasteiger partial charge on any atom is 0.0856 e. The summed E-state index contributed by atoms with van der Waals surface area (Å²) in [6.07, 6.45) is 7.25. The van der Waals surface area contributed by atoms with E-state index < -0.39 is 0 Å². The monoisotopic (exact) mass is 166 g/mol. The largest absolute Gasteiger partial charge is 0.390 e. The lowest BCUT2D eigenvalue weighted by atomic mass is 9.92. The van der Waals surface area contributed by atoms with E-state index >= 15 is 0 Å². The lowest BCUT2D eigenvalue weighted by molar-refractivity contribution is 0.499. The summed E-state index contributed by atoms with van der Waals surface area (Å²) in [4.78, 5) is 4.10. The Hall–Kier alpha value is -1.05. The lowest BCUT2D eigenvalue weighted by Crippen LogP contribution is -2.08. The second-order valence-corrected chi connectivity index (χ2v) is 3.61. The zero-order valence-corrected chi connectivity index (χ0v) is 8.33. The van der Waals surface area contributed by atoms with Crippen molar-refractivity contribution >= 4 is 6.34 Å². The number of hydrogen-bond donors (Lipinski definition) is 1. The third-order valence-electron chi connectivity index (χ3n) is 1.43. The quantitative estimate of drug-likeness (QED) is 0.382. The molecule has 0 bridgehead atoms. The maximum absolute atomic E-state index is 5.24. The van der Waals surface area contributed by atoms with Crippen LogP contribution in [0.25, 0.3) is 0 Å². The Labute approximate surface area is 74.9 Å². The van der Waals surface area contributed by atoms with Crippen LogP contribution in [0.3, 0.4) is 0 Å². The van der Waals surface area contributed by atoms with Gasteiger partial charge in [-0.1, -0.05) is 32.9 Å². The minimum absolute atomic E-state index is 0.0510. The Bertz CT molecular complexity index is 204. The number of nitrogens with two attached hydrogens (primary N) is 1. The van der Waals surface area contributed by atoms with Gasteiger partial charge in [0.1, 0.15) is 0 Å². The van der Waals surface area contributed by atoms with Gasteiger partial charge in [-0.15, -0.1) is 0 Å². The van der Waals surface area contributed by atoms with Crippen LogP contribution in [-0.2, 0) is 0 Å². The summed E-state index contributed by atoms with van der Waals surface area (Å²) in [6, 6.07) is 0. The summed E-state index contributed by atoms with van der Waals surface area (Å²) in [7, 11) is 0. The van der Waals surface area contributed by atoms with Crippen molar-refractivity contribution in [2.75, 3.05) is 0 Å². The van der Waals surface area contributed by atoms with E-state index in [4.69, 9.17) is 5.73 Å². The minimum Gasteiger partial charge on any atom is -0.390 e. The average Bonchev–Trinajstić information content (AvgIpc) is 1.95. The van der Waals surface area contributed by atoms with Gasteiger partial charge in [0, 0.05) is 11.1 Å². The smallest absolute Gasteiger partial charge is 0.0856 e. The van der Waals surface area contributed by atoms with E-state index in [0.29, 0.717) is 0 Å². The van der Waals surface area contributed by atoms with Gasteiger partial charge in [0.25, 0.3) is 0 Å². The molecule has 0 atom stereocenters. The van der Waals surface area contributed by atoms with E-state index in [2.05, 4.69) is 25.8 Å². The predicted octanol–water partition coefficient (Wildman–Crippen LogP) is 2.48. The van der Waals surface area contributed by atoms with Crippen LogP contribution in [0.1, 0.15) is 27.7 Å². The summed E-state index contributed by atoms with van der Waals surface area (Å²) in [6.45, 7) is 8.29. The van der Waals surface area contributed by atoms with Crippen molar-refractivity contribution in [2.24, 2.45) is 16.1 Å². The molecule has 0 heterocycles. The first kappa shape index (κ1) is 11.0. The minimum atomic E-state index is 0.0510. The van der Waals surface area contributed by atoms with Crippen molar-refractivity contribution in [3.05, 3.63) is 23.9 Å². The zero-order chi connectivity index (χ0) is 9.61. The van der Waals surface area contributed by atoms with Crippen molar-refractivity contribution < 1.29 is 0 Å². The number of rotatable bonds is 2. The Morgan fingerprint density at radius 1 is 1.33 bits per heavy atom. The molecule has 0 amide bonds. The molecular weight excluding hydrogens is 148 g/mol. The fourth-order valence-electron chi connectivity index (χ4n) is 0.754. The highest BCUT2D eigenvalue weighted by atomic mass is 14.8. The summed E-state index contributed by atoms with van der Waals surface area (Å²) in [5.74, 6) is 0. The highest BCUT2D eigenvalue weighted by molar-refractivity contribution is 5.54. The molecule has 2 heteroatoms. The van der Waals surface area contributed by atoms with E-state index in [1.165, 1.54) is 6.34 Å². The fourth-order valence-corrected chi connectivity index (χ4v) is 0.754. The molecule has 0 aromatic rings. The topological polar surface area (TPSA) is 38.4 Å². The van der Waals surface area contributed by atoms with E-state index in [9.17, 15) is 0 Å². The van der Waals surface area contributed by atoms with Crippen LogP contribution in [0.5, 0.6) is 0 Å². The molecule has 0 rings (SSSR count). The number of aliphatic imine (C=N–C) groups is 1. The van der Waals surface area contributed by atoms with Crippen LogP contribution in [0.15, 0.2) is 28.9 Å². The second-order valence-electron chi connectivity index (χ2n) is 3.61. The Balaban J connectivity index is 4.67. The van der Waals surface area contributed by atoms with Gasteiger partial charge in [-0.2, -0.15) is 0 Å². The maximum atomic E-state index is 5.24. The highest BCUT2D eigenvalue weighted by Gasteiger charge is 2.14. The van der Waals surface area contributed by atoms with Crippen LogP contribution in [0.4, 0.5) is 0 Å². The molecule has 0 aromatic heterocycles. The first-order chi connectivity index (χ1) is 5.52. The van der Waals surface area contributed by atoms with Gasteiger partial charge in [0.2, 0.25) is 0 Å². The molecule has 0 aliphatic heterocycles. The molecule has 0 aliphatic carbocycles. The number of allylic oxidation sites excluding steroid dienone is 4. The predicted molar refractivity (Wildman–Crippen MR) is 55.0 cm³/mol. The molecule has 0 aliphatic rings. The summed E-state index contributed by atoms with van der Waals surface area (Å²) >= 11 is 0. The van der Waals surface area contributed by atoms with Gasteiger partial charge in [-0.25, -0.2) is 4.99 Å². The van der Waals surface area contributed by atoms with Crippen LogP contribution >= 0.6 is 0 Å². The SMILES string of the molecule is C\C=C/C=C(\N=C/N)C(C)(C)C. The van der Waals surface area contributed by atoms with Crippen molar-refractivity contribution in [3.63, 3.8) is 0 Å². The molecule has 0 radical (unpaired) electrons. The Kier molecular flexibility index (Phi) is 4.34. The summed E-state index contributed by atoms with van der Waals surface area (Å²) in [5, 5.41) is 0. The van der Waals surface area contributed by atoms with Crippen LogP contribution in [0.2, 0.25) is 0 Å². The lowest BCUT2D eigenvalue weighted by Gasteiger charge is -2.18. The molecule has 0 saturated heterocycles. The van der Waals surface area contributed by atoms with Crippen molar-refractivity contribution in [1.82, 2.24) is 0 Å². The number of nitrogens with zero attached hydrogens (tertiary/aromatic N) is 1. The average molecular weight is 166 g/mol. The Morgan fingerprint density at radius 2 is 1.92 bits per heavy atom. The third kappa shape index (κ3) is 3.96. The molecule has 0 unspecified atom stereocenters. The van der Waals surface area contributed by atoms with Gasteiger partial charge >= 0.3 is 0 Å². The van der Waals surface area contributed by atoms with Crippen LogP contribution in [-0.4, -0.2) is 6.34 Å². The molecular formula is C10H18N2. The molecule has 2 N–H and O–H groups in total.